The molecular weight excluding hydrogens is 296 g/mol. The monoisotopic (exact) mass is 326 g/mol. The highest BCUT2D eigenvalue weighted by Gasteiger charge is 2.22. The molecule has 1 aliphatic rings. The molecule has 0 bridgehead atoms. The Labute approximate surface area is 139 Å². The smallest absolute Gasteiger partial charge is 0.311 e. The number of hydrogen-bond acceptors (Lipinski definition) is 5. The largest absolute Gasteiger partial charge is 0.465 e. The fourth-order valence-corrected chi connectivity index (χ4v) is 2.02. The summed E-state index contributed by atoms with van der Waals surface area (Å²) in [4.78, 5) is 11.6. The molecule has 2 unspecified atom stereocenters. The fourth-order valence-electron chi connectivity index (χ4n) is 2.02. The van der Waals surface area contributed by atoms with Crippen LogP contribution < -0.4 is 0 Å². The Balaban J connectivity index is 2.02. The van der Waals surface area contributed by atoms with E-state index in [1.54, 1.807) is 0 Å². The first-order valence-corrected chi connectivity index (χ1v) is 8.44. The van der Waals surface area contributed by atoms with Gasteiger partial charge in [-0.15, -0.1) is 0 Å². The number of carbonyl (C=O) groups is 1. The van der Waals surface area contributed by atoms with E-state index in [1.807, 2.05) is 20.8 Å². The summed E-state index contributed by atoms with van der Waals surface area (Å²) in [5, 5.41) is 9.81. The van der Waals surface area contributed by atoms with Crippen LogP contribution in [0.25, 0.3) is 0 Å². The first-order chi connectivity index (χ1) is 10.9. The summed E-state index contributed by atoms with van der Waals surface area (Å²) in [5.74, 6) is 5.59. The van der Waals surface area contributed by atoms with Crippen molar-refractivity contribution in [3.63, 3.8) is 0 Å². The van der Waals surface area contributed by atoms with Crippen LogP contribution in [0.3, 0.4) is 0 Å². The van der Waals surface area contributed by atoms with Crippen molar-refractivity contribution >= 4 is 5.97 Å². The molecule has 5 nitrogen and oxygen atoms in total. The molecule has 0 spiro atoms. The zero-order valence-corrected chi connectivity index (χ0v) is 14.6. The van der Waals surface area contributed by atoms with Gasteiger partial charge in [0.2, 0.25) is 0 Å². The molecule has 0 aromatic rings. The van der Waals surface area contributed by atoms with Gasteiger partial charge in [-0.05, 0) is 52.9 Å². The highest BCUT2D eigenvalue weighted by Crippen LogP contribution is 2.15. The molecule has 1 fully saturated rings. The van der Waals surface area contributed by atoms with Gasteiger partial charge >= 0.3 is 5.97 Å². The van der Waals surface area contributed by atoms with Crippen molar-refractivity contribution in [3.8, 4) is 11.8 Å². The molecule has 1 N–H and O–H groups in total. The molecule has 0 aromatic carbocycles. The predicted molar refractivity (Wildman–Crippen MR) is 87.6 cm³/mol. The minimum Gasteiger partial charge on any atom is -0.465 e. The van der Waals surface area contributed by atoms with Crippen molar-refractivity contribution in [2.75, 3.05) is 19.8 Å². The van der Waals surface area contributed by atoms with Gasteiger partial charge in [0.05, 0.1) is 18.1 Å². The van der Waals surface area contributed by atoms with Crippen LogP contribution in [0, 0.1) is 17.3 Å². The summed E-state index contributed by atoms with van der Waals surface area (Å²) in [6.07, 6.45) is 4.15. The molecule has 132 valence electrons. The van der Waals surface area contributed by atoms with Crippen LogP contribution in [0.5, 0.6) is 0 Å². The van der Waals surface area contributed by atoms with E-state index in [0.29, 0.717) is 32.5 Å². The molecule has 1 rings (SSSR count). The molecular formula is C18H30O5. The van der Waals surface area contributed by atoms with E-state index < -0.39 is 11.5 Å². The van der Waals surface area contributed by atoms with Crippen molar-refractivity contribution < 1.29 is 24.1 Å². The summed E-state index contributed by atoms with van der Waals surface area (Å²) in [5.41, 5.74) is -0.480. The van der Waals surface area contributed by atoms with Gasteiger partial charge in [0.15, 0.2) is 6.29 Å². The van der Waals surface area contributed by atoms with Crippen LogP contribution in [0.2, 0.25) is 0 Å². The van der Waals surface area contributed by atoms with Gasteiger partial charge in [-0.3, -0.25) is 4.79 Å². The van der Waals surface area contributed by atoms with Gasteiger partial charge in [-0.1, -0.05) is 11.8 Å². The maximum Gasteiger partial charge on any atom is 0.311 e. The van der Waals surface area contributed by atoms with Gasteiger partial charge in [-0.2, -0.15) is 0 Å². The fraction of sp³-hybridized carbons (Fsp3) is 0.833. The summed E-state index contributed by atoms with van der Waals surface area (Å²) in [7, 11) is 0. The van der Waals surface area contributed by atoms with Crippen LogP contribution in [-0.2, 0) is 19.0 Å². The zero-order valence-electron chi connectivity index (χ0n) is 14.6. The minimum atomic E-state index is -0.498. The number of rotatable bonds is 7. The van der Waals surface area contributed by atoms with E-state index in [0.717, 1.165) is 25.9 Å². The van der Waals surface area contributed by atoms with E-state index in [-0.39, 0.29) is 12.3 Å². The molecule has 0 aromatic heterocycles. The Morgan fingerprint density at radius 1 is 1.35 bits per heavy atom. The first-order valence-electron chi connectivity index (χ1n) is 8.44. The zero-order chi connectivity index (χ0) is 17.1. The third kappa shape index (κ3) is 9.60. The van der Waals surface area contributed by atoms with Crippen molar-refractivity contribution in [1.82, 2.24) is 0 Å². The normalized spacial score (nSPS) is 19.6. The lowest BCUT2D eigenvalue weighted by Crippen LogP contribution is -2.23. The molecule has 0 amide bonds. The predicted octanol–water partition coefficient (Wildman–Crippen LogP) is 2.65. The van der Waals surface area contributed by atoms with Crippen LogP contribution in [0.1, 0.15) is 59.3 Å². The van der Waals surface area contributed by atoms with Gasteiger partial charge in [0, 0.05) is 13.0 Å². The van der Waals surface area contributed by atoms with Crippen LogP contribution in [0.15, 0.2) is 0 Å². The molecule has 5 heteroatoms. The topological polar surface area (TPSA) is 65.0 Å². The van der Waals surface area contributed by atoms with Crippen molar-refractivity contribution in [3.05, 3.63) is 0 Å². The van der Waals surface area contributed by atoms with Crippen LogP contribution in [0.4, 0.5) is 0 Å². The third-order valence-corrected chi connectivity index (χ3v) is 3.47. The first kappa shape index (κ1) is 20.0. The molecule has 0 aliphatic carbocycles. The van der Waals surface area contributed by atoms with E-state index in [1.165, 1.54) is 0 Å². The number of esters is 1. The van der Waals surface area contributed by atoms with Crippen molar-refractivity contribution in [2.24, 2.45) is 5.41 Å². The third-order valence-electron chi connectivity index (χ3n) is 3.47. The second-order valence-electron chi connectivity index (χ2n) is 6.85. The average Bonchev–Trinajstić information content (AvgIpc) is 2.51. The summed E-state index contributed by atoms with van der Waals surface area (Å²) in [6, 6.07) is 0. The summed E-state index contributed by atoms with van der Waals surface area (Å²) < 4.78 is 16.1. The lowest BCUT2D eigenvalue weighted by atomic mass is 9.97. The van der Waals surface area contributed by atoms with Gasteiger partial charge in [0.25, 0.3) is 0 Å². The Bertz CT molecular complexity index is 396. The molecule has 1 saturated heterocycles. The van der Waals surface area contributed by atoms with E-state index in [9.17, 15) is 9.90 Å². The number of carbonyl (C=O) groups excluding carboxylic acids is 1. The van der Waals surface area contributed by atoms with Crippen LogP contribution in [-0.4, -0.2) is 43.3 Å². The number of aliphatic hydroxyl groups excluding tert-OH is 1. The lowest BCUT2D eigenvalue weighted by Gasteiger charge is -2.21. The number of ether oxygens (including phenoxy) is 3. The molecule has 1 heterocycles. The lowest BCUT2D eigenvalue weighted by molar-refractivity contribution is -0.154. The second-order valence-corrected chi connectivity index (χ2v) is 6.85. The van der Waals surface area contributed by atoms with Gasteiger partial charge in [0.1, 0.15) is 6.61 Å². The number of aliphatic hydroxyl groups is 1. The highest BCUT2D eigenvalue weighted by atomic mass is 16.7. The standard InChI is InChI=1S/C18H30O5/c1-18(2,3)17(20)23-14-8-10-15(19)9-4-6-12-21-16-11-5-7-13-22-16/h15-16,19H,5,7-14H2,1-3H3. The Kier molecular flexibility index (Phi) is 9.23. The minimum absolute atomic E-state index is 0.125. The van der Waals surface area contributed by atoms with Gasteiger partial charge < -0.3 is 19.3 Å². The quantitative estimate of drug-likeness (QED) is 0.443. The molecule has 2 atom stereocenters. The Morgan fingerprint density at radius 3 is 2.78 bits per heavy atom. The summed E-state index contributed by atoms with van der Waals surface area (Å²) in [6.45, 7) is 6.89. The molecule has 0 radical (unpaired) electrons. The Hall–Kier alpha value is -1.09. The average molecular weight is 326 g/mol. The molecule has 23 heavy (non-hydrogen) atoms. The van der Waals surface area contributed by atoms with Crippen molar-refractivity contribution in [1.29, 1.82) is 0 Å². The van der Waals surface area contributed by atoms with E-state index in [4.69, 9.17) is 14.2 Å². The molecule has 0 saturated carbocycles. The maximum atomic E-state index is 11.6. The molecule has 1 aliphatic heterocycles. The maximum absolute atomic E-state index is 11.6. The van der Waals surface area contributed by atoms with E-state index >= 15 is 0 Å². The number of hydrogen-bond donors (Lipinski definition) is 1. The van der Waals surface area contributed by atoms with Gasteiger partial charge in [-0.25, -0.2) is 0 Å². The second kappa shape index (κ2) is 10.6. The Morgan fingerprint density at radius 2 is 2.13 bits per heavy atom. The summed E-state index contributed by atoms with van der Waals surface area (Å²) >= 11 is 0. The van der Waals surface area contributed by atoms with E-state index in [2.05, 4.69) is 11.8 Å². The highest BCUT2D eigenvalue weighted by molar-refractivity contribution is 5.75. The van der Waals surface area contributed by atoms with Crippen LogP contribution >= 0.6 is 0 Å². The SMILES string of the molecule is CC(C)(C)C(=O)OCCCC(O)CC#CCOC1CCCCO1. The van der Waals surface area contributed by atoms with Crippen molar-refractivity contribution in [2.45, 2.75) is 71.7 Å².